The van der Waals surface area contributed by atoms with Crippen molar-refractivity contribution in [2.45, 2.75) is 59.8 Å². The van der Waals surface area contributed by atoms with Crippen molar-refractivity contribution in [1.82, 2.24) is 0 Å². The maximum Gasteiger partial charge on any atom is 0.341 e. The lowest BCUT2D eigenvalue weighted by Crippen LogP contribution is -2.47. The molecule has 2 rings (SSSR count). The van der Waals surface area contributed by atoms with Crippen LogP contribution in [-0.2, 0) is 19.1 Å². The first-order valence-corrected chi connectivity index (χ1v) is 10.0. The number of hydrogen-bond donors (Lipinski definition) is 0. The van der Waals surface area contributed by atoms with Gasteiger partial charge in [0.15, 0.2) is 0 Å². The van der Waals surface area contributed by atoms with E-state index in [-0.39, 0.29) is 12.2 Å². The van der Waals surface area contributed by atoms with Crippen molar-refractivity contribution in [3.05, 3.63) is 58.6 Å². The normalized spacial score (nSPS) is 11.1. The second-order valence-corrected chi connectivity index (χ2v) is 8.00. The van der Waals surface area contributed by atoms with Gasteiger partial charge >= 0.3 is 11.9 Å². The first-order chi connectivity index (χ1) is 13.6. The Morgan fingerprint density at radius 2 is 1.24 bits per heavy atom. The number of carbonyl (C=O) groups is 2. The van der Waals surface area contributed by atoms with E-state index >= 15 is 0 Å². The largest absolute Gasteiger partial charge is 0.461 e. The summed E-state index contributed by atoms with van der Waals surface area (Å²) in [7, 11) is 0. The Kier molecular flexibility index (Phi) is 7.68. The third kappa shape index (κ3) is 6.23. The molecule has 6 heteroatoms. The van der Waals surface area contributed by atoms with Gasteiger partial charge in [-0.25, -0.2) is 9.59 Å². The minimum absolute atomic E-state index is 0.372. The number of hydrogen-bond acceptors (Lipinski definition) is 5. The van der Waals surface area contributed by atoms with Crippen molar-refractivity contribution in [2.24, 2.45) is 0 Å². The van der Waals surface area contributed by atoms with Crippen molar-refractivity contribution in [1.29, 1.82) is 0 Å². The van der Waals surface area contributed by atoms with E-state index in [9.17, 15) is 9.59 Å². The summed E-state index contributed by atoms with van der Waals surface area (Å²) in [4.78, 5) is 27.7. The molecule has 0 aromatic heterocycles. The number of ether oxygens (including phenoxy) is 2. The van der Waals surface area contributed by atoms with Gasteiger partial charge in [-0.1, -0.05) is 17.7 Å². The first-order valence-electron chi connectivity index (χ1n) is 9.62. The SMILES string of the molecule is Cc1cc(C)cc(N(c2ccc(Cl)cc2)C(C(=O)OC(C)C)C(=O)OC(C)C)c1. The van der Waals surface area contributed by atoms with Gasteiger partial charge in [0.1, 0.15) is 0 Å². The van der Waals surface area contributed by atoms with Crippen molar-refractivity contribution < 1.29 is 19.1 Å². The minimum Gasteiger partial charge on any atom is -0.461 e. The lowest BCUT2D eigenvalue weighted by atomic mass is 10.1. The van der Waals surface area contributed by atoms with Gasteiger partial charge in [-0.2, -0.15) is 0 Å². The predicted molar refractivity (Wildman–Crippen MR) is 116 cm³/mol. The number of nitrogens with zero attached hydrogens (tertiary/aromatic N) is 1. The van der Waals surface area contributed by atoms with Crippen molar-refractivity contribution in [2.75, 3.05) is 4.90 Å². The molecule has 0 saturated carbocycles. The van der Waals surface area contributed by atoms with Crippen LogP contribution >= 0.6 is 11.6 Å². The molecule has 0 fully saturated rings. The van der Waals surface area contributed by atoms with Crippen molar-refractivity contribution in [3.63, 3.8) is 0 Å². The zero-order chi connectivity index (χ0) is 21.7. The Morgan fingerprint density at radius 1 is 0.793 bits per heavy atom. The Balaban J connectivity index is 2.66. The number of benzene rings is 2. The predicted octanol–water partition coefficient (Wildman–Crippen LogP) is 5.37. The van der Waals surface area contributed by atoms with Crippen LogP contribution in [0.5, 0.6) is 0 Å². The Bertz CT molecular complexity index is 819. The molecule has 0 aliphatic heterocycles. The van der Waals surface area contributed by atoms with Crippen LogP contribution in [0.3, 0.4) is 0 Å². The van der Waals surface area contributed by atoms with Gasteiger partial charge in [0.05, 0.1) is 12.2 Å². The molecule has 0 atom stereocenters. The summed E-state index contributed by atoms with van der Waals surface area (Å²) < 4.78 is 10.8. The summed E-state index contributed by atoms with van der Waals surface area (Å²) >= 11 is 6.05. The molecule has 0 aliphatic carbocycles. The third-order valence-corrected chi connectivity index (χ3v) is 4.25. The van der Waals surface area contributed by atoms with E-state index in [1.54, 1.807) is 56.9 Å². The molecule has 156 valence electrons. The summed E-state index contributed by atoms with van der Waals surface area (Å²) in [6, 6.07) is 11.5. The van der Waals surface area contributed by atoms with Gasteiger partial charge in [-0.15, -0.1) is 0 Å². The molecule has 0 N–H and O–H groups in total. The summed E-state index contributed by atoms with van der Waals surface area (Å²) in [5, 5.41) is 0.556. The topological polar surface area (TPSA) is 55.8 Å². The molecule has 0 spiro atoms. The standard InChI is InChI=1S/C23H28ClNO4/c1-14(2)28-22(26)21(23(27)29-15(3)4)25(19-9-7-18(24)8-10-19)20-12-16(5)11-17(6)13-20/h7-15,21H,1-6H3. The van der Waals surface area contributed by atoms with E-state index in [1.807, 2.05) is 32.0 Å². The molecule has 5 nitrogen and oxygen atoms in total. The number of halogens is 1. The maximum atomic E-state index is 13.0. The lowest BCUT2D eigenvalue weighted by Gasteiger charge is -2.32. The highest BCUT2D eigenvalue weighted by Crippen LogP contribution is 2.32. The first kappa shape index (κ1) is 22.8. The Morgan fingerprint density at radius 3 is 1.66 bits per heavy atom. The van der Waals surface area contributed by atoms with Crippen LogP contribution in [-0.4, -0.2) is 30.2 Å². The lowest BCUT2D eigenvalue weighted by molar-refractivity contribution is -0.160. The zero-order valence-corrected chi connectivity index (χ0v) is 18.5. The highest BCUT2D eigenvalue weighted by Gasteiger charge is 2.38. The molecular formula is C23H28ClNO4. The van der Waals surface area contributed by atoms with E-state index in [0.717, 1.165) is 11.1 Å². The van der Waals surface area contributed by atoms with E-state index in [4.69, 9.17) is 21.1 Å². The van der Waals surface area contributed by atoms with Gasteiger partial charge < -0.3 is 14.4 Å². The van der Waals surface area contributed by atoms with E-state index in [1.165, 1.54) is 0 Å². The Hall–Kier alpha value is -2.53. The van der Waals surface area contributed by atoms with Gasteiger partial charge in [0.25, 0.3) is 0 Å². The molecule has 0 amide bonds. The van der Waals surface area contributed by atoms with Crippen molar-refractivity contribution in [3.8, 4) is 0 Å². The van der Waals surface area contributed by atoms with Gasteiger partial charge in [-0.3, -0.25) is 0 Å². The van der Waals surface area contributed by atoms with Crippen LogP contribution in [0, 0.1) is 13.8 Å². The number of aryl methyl sites for hydroxylation is 2. The summed E-state index contributed by atoms with van der Waals surface area (Å²) in [5.41, 5.74) is 3.33. The van der Waals surface area contributed by atoms with E-state index in [0.29, 0.717) is 16.4 Å². The van der Waals surface area contributed by atoms with Crippen LogP contribution in [0.2, 0.25) is 5.02 Å². The summed E-state index contributed by atoms with van der Waals surface area (Å²) in [6.07, 6.45) is -0.744. The molecule has 0 radical (unpaired) electrons. The maximum absolute atomic E-state index is 13.0. The third-order valence-electron chi connectivity index (χ3n) is 4.00. The summed E-state index contributed by atoms with van der Waals surface area (Å²) in [5.74, 6) is -1.33. The molecule has 0 heterocycles. The molecule has 29 heavy (non-hydrogen) atoms. The fourth-order valence-corrected chi connectivity index (χ4v) is 3.17. The number of esters is 2. The smallest absolute Gasteiger partial charge is 0.341 e. The fourth-order valence-electron chi connectivity index (χ4n) is 3.04. The van der Waals surface area contributed by atoms with Gasteiger partial charge in [0, 0.05) is 16.4 Å². The molecule has 2 aromatic carbocycles. The van der Waals surface area contributed by atoms with Gasteiger partial charge in [0.2, 0.25) is 6.04 Å². The van der Waals surface area contributed by atoms with Crippen LogP contribution in [0.4, 0.5) is 11.4 Å². The monoisotopic (exact) mass is 417 g/mol. The average molecular weight is 418 g/mol. The molecule has 2 aromatic rings. The van der Waals surface area contributed by atoms with Crippen molar-refractivity contribution >= 4 is 34.9 Å². The molecular weight excluding hydrogens is 390 g/mol. The number of carbonyl (C=O) groups excluding carboxylic acids is 2. The molecule has 0 bridgehead atoms. The average Bonchev–Trinajstić information content (AvgIpc) is 2.58. The molecule has 0 unspecified atom stereocenters. The summed E-state index contributed by atoms with van der Waals surface area (Å²) in [6.45, 7) is 10.9. The number of anilines is 2. The van der Waals surface area contributed by atoms with Crippen LogP contribution in [0.25, 0.3) is 0 Å². The second kappa shape index (κ2) is 9.79. The number of rotatable bonds is 7. The Labute approximate surface area is 177 Å². The zero-order valence-electron chi connectivity index (χ0n) is 17.7. The second-order valence-electron chi connectivity index (χ2n) is 7.57. The highest BCUT2D eigenvalue weighted by atomic mass is 35.5. The fraction of sp³-hybridized carbons (Fsp3) is 0.391. The minimum atomic E-state index is -1.29. The van der Waals surface area contributed by atoms with E-state index in [2.05, 4.69) is 0 Å². The van der Waals surface area contributed by atoms with E-state index < -0.39 is 18.0 Å². The molecule has 0 aliphatic rings. The van der Waals surface area contributed by atoms with Gasteiger partial charge in [-0.05, 0) is 89.1 Å². The van der Waals surface area contributed by atoms with Crippen LogP contribution in [0.15, 0.2) is 42.5 Å². The quantitative estimate of drug-likeness (QED) is 0.448. The molecule has 0 saturated heterocycles. The highest BCUT2D eigenvalue weighted by molar-refractivity contribution is 6.30. The van der Waals surface area contributed by atoms with Crippen LogP contribution < -0.4 is 4.90 Å². The van der Waals surface area contributed by atoms with Crippen LogP contribution in [0.1, 0.15) is 38.8 Å².